The van der Waals surface area contributed by atoms with Gasteiger partial charge in [-0.25, -0.2) is 4.52 Å². The topological polar surface area (TPSA) is 94.8 Å². The second kappa shape index (κ2) is 6.81. The minimum absolute atomic E-state index is 0.0332. The third-order valence-corrected chi connectivity index (χ3v) is 6.72. The summed E-state index contributed by atoms with van der Waals surface area (Å²) in [6.45, 7) is 1.30. The van der Waals surface area contributed by atoms with Crippen molar-refractivity contribution in [2.45, 2.75) is 37.3 Å². The number of hydrogen-bond donors (Lipinski definition) is 3. The van der Waals surface area contributed by atoms with Crippen LogP contribution in [0.15, 0.2) is 48.8 Å². The average molecular weight is 416 g/mol. The van der Waals surface area contributed by atoms with Crippen LogP contribution in [0.3, 0.4) is 0 Å². The smallest absolute Gasteiger partial charge is 0.232 e. The van der Waals surface area contributed by atoms with Gasteiger partial charge in [0.1, 0.15) is 0 Å². The molecule has 158 valence electrons. The first kappa shape index (κ1) is 18.4. The van der Waals surface area contributed by atoms with Crippen LogP contribution < -0.4 is 10.6 Å². The van der Waals surface area contributed by atoms with Crippen molar-refractivity contribution in [2.24, 2.45) is 0 Å². The molecule has 3 aliphatic rings. The fraction of sp³-hybridized carbons (Fsp3) is 0.348. The molecule has 1 spiro atoms. The largest absolute Gasteiger partial charge is 0.381 e. The highest BCUT2D eigenvalue weighted by molar-refractivity contribution is 6.00. The molecule has 8 nitrogen and oxygen atoms in total. The zero-order valence-corrected chi connectivity index (χ0v) is 17.1. The van der Waals surface area contributed by atoms with Gasteiger partial charge in [-0.3, -0.25) is 15.1 Å². The van der Waals surface area contributed by atoms with Crippen molar-refractivity contribution < 1.29 is 9.53 Å². The highest BCUT2D eigenvalue weighted by Gasteiger charge is 2.51. The Balaban J connectivity index is 1.25. The molecular weight excluding hydrogens is 392 g/mol. The van der Waals surface area contributed by atoms with Gasteiger partial charge in [-0.2, -0.15) is 5.10 Å². The van der Waals surface area contributed by atoms with E-state index in [0.717, 1.165) is 41.7 Å². The molecule has 2 aliphatic heterocycles. The van der Waals surface area contributed by atoms with E-state index in [0.29, 0.717) is 19.6 Å². The Bertz CT molecular complexity index is 1180. The molecule has 1 amide bonds. The number of aromatic nitrogens is 2. The number of carbonyl (C=O) groups excluding carboxylic acids is 1. The zero-order valence-electron chi connectivity index (χ0n) is 17.1. The van der Waals surface area contributed by atoms with E-state index in [2.05, 4.69) is 33.9 Å². The molecule has 3 aromatic rings. The van der Waals surface area contributed by atoms with E-state index in [-0.39, 0.29) is 17.9 Å². The number of nitrogens with one attached hydrogen (secondary N) is 3. The van der Waals surface area contributed by atoms with E-state index in [1.54, 1.807) is 11.1 Å². The molecule has 3 N–H and O–H groups in total. The van der Waals surface area contributed by atoms with E-state index < -0.39 is 5.54 Å². The van der Waals surface area contributed by atoms with Crippen molar-refractivity contribution in [3.8, 4) is 0 Å². The van der Waals surface area contributed by atoms with Crippen LogP contribution in [0, 0.1) is 5.41 Å². The molecule has 31 heavy (non-hydrogen) atoms. The number of guanidine groups is 1. The molecule has 2 fully saturated rings. The van der Waals surface area contributed by atoms with Crippen molar-refractivity contribution >= 4 is 28.8 Å². The van der Waals surface area contributed by atoms with Crippen molar-refractivity contribution in [3.05, 3.63) is 59.9 Å². The average Bonchev–Trinajstić information content (AvgIpc) is 3.22. The van der Waals surface area contributed by atoms with Gasteiger partial charge >= 0.3 is 0 Å². The summed E-state index contributed by atoms with van der Waals surface area (Å²) in [6, 6.07) is 12.2. The van der Waals surface area contributed by atoms with Crippen molar-refractivity contribution in [3.63, 3.8) is 0 Å². The fourth-order valence-electron chi connectivity index (χ4n) is 5.19. The summed E-state index contributed by atoms with van der Waals surface area (Å²) in [5.41, 5.74) is 4.89. The number of benzene rings is 1. The van der Waals surface area contributed by atoms with Crippen LogP contribution in [0.25, 0.3) is 5.52 Å². The molecule has 0 unspecified atom stereocenters. The Morgan fingerprint density at radius 2 is 2.06 bits per heavy atom. The second-order valence-corrected chi connectivity index (χ2v) is 8.59. The van der Waals surface area contributed by atoms with E-state index in [1.807, 2.05) is 28.9 Å². The number of hydrogen-bond acceptors (Lipinski definition) is 5. The predicted molar refractivity (Wildman–Crippen MR) is 116 cm³/mol. The molecule has 4 heterocycles. The summed E-state index contributed by atoms with van der Waals surface area (Å²) >= 11 is 0. The van der Waals surface area contributed by atoms with E-state index in [1.165, 1.54) is 5.56 Å². The zero-order chi connectivity index (χ0) is 21.0. The van der Waals surface area contributed by atoms with Crippen molar-refractivity contribution in [1.82, 2.24) is 19.8 Å². The standard InChI is InChI=1S/C23H24N6O2/c24-22-27-23(14-21(30)29(22)16-6-10-31-11-7-16)13-18-19(23)2-1-3-20(18)26-15-5-9-28-17(12-15)4-8-25-28/h1-5,8-9,12,16,26H,6-7,10-11,13-14H2,(H2,24,27)/t23-/m0/s1. The fourth-order valence-corrected chi connectivity index (χ4v) is 5.19. The van der Waals surface area contributed by atoms with Crippen LogP contribution in [-0.4, -0.2) is 45.6 Å². The lowest BCUT2D eigenvalue weighted by Gasteiger charge is -2.51. The van der Waals surface area contributed by atoms with Crippen LogP contribution in [0.2, 0.25) is 0 Å². The Labute approximate surface area is 179 Å². The number of amides is 1. The highest BCUT2D eigenvalue weighted by atomic mass is 16.5. The normalized spacial score (nSPS) is 23.5. The molecule has 2 saturated heterocycles. The lowest BCUT2D eigenvalue weighted by Crippen LogP contribution is -2.66. The summed E-state index contributed by atoms with van der Waals surface area (Å²) in [4.78, 5) is 14.7. The minimum Gasteiger partial charge on any atom is -0.381 e. The van der Waals surface area contributed by atoms with E-state index >= 15 is 0 Å². The van der Waals surface area contributed by atoms with Gasteiger partial charge < -0.3 is 15.4 Å². The van der Waals surface area contributed by atoms with Gasteiger partial charge in [0.15, 0.2) is 5.96 Å². The number of fused-ring (bicyclic) bond motifs is 3. The van der Waals surface area contributed by atoms with Crippen LogP contribution in [0.4, 0.5) is 11.4 Å². The minimum atomic E-state index is -0.474. The highest BCUT2D eigenvalue weighted by Crippen LogP contribution is 2.47. The lowest BCUT2D eigenvalue weighted by atomic mass is 9.67. The van der Waals surface area contributed by atoms with Gasteiger partial charge in [-0.05, 0) is 48.2 Å². The Morgan fingerprint density at radius 1 is 1.19 bits per heavy atom. The van der Waals surface area contributed by atoms with E-state index in [9.17, 15) is 4.79 Å². The maximum absolute atomic E-state index is 13.1. The predicted octanol–water partition coefficient (Wildman–Crippen LogP) is 2.76. The third kappa shape index (κ3) is 2.90. The van der Waals surface area contributed by atoms with Crippen LogP contribution in [0.5, 0.6) is 0 Å². The molecule has 1 aliphatic carbocycles. The molecule has 0 saturated carbocycles. The molecule has 2 aromatic heterocycles. The maximum Gasteiger partial charge on any atom is 0.232 e. The van der Waals surface area contributed by atoms with E-state index in [4.69, 9.17) is 10.1 Å². The van der Waals surface area contributed by atoms with Gasteiger partial charge in [0, 0.05) is 49.4 Å². The summed E-state index contributed by atoms with van der Waals surface area (Å²) in [5.74, 6) is 0.254. The van der Waals surface area contributed by atoms with Crippen LogP contribution in [-0.2, 0) is 21.5 Å². The first-order valence-electron chi connectivity index (χ1n) is 10.7. The third-order valence-electron chi connectivity index (χ3n) is 6.72. The van der Waals surface area contributed by atoms with Gasteiger partial charge in [-0.1, -0.05) is 12.1 Å². The van der Waals surface area contributed by atoms with Crippen molar-refractivity contribution in [2.75, 3.05) is 18.5 Å². The molecule has 8 heteroatoms. The molecule has 6 rings (SSSR count). The Morgan fingerprint density at radius 3 is 2.90 bits per heavy atom. The van der Waals surface area contributed by atoms with Crippen LogP contribution >= 0.6 is 0 Å². The quantitative estimate of drug-likeness (QED) is 0.610. The Kier molecular flexibility index (Phi) is 4.04. The Hall–Kier alpha value is -3.39. The molecule has 1 atom stereocenters. The van der Waals surface area contributed by atoms with Gasteiger partial charge in [0.25, 0.3) is 0 Å². The summed E-state index contributed by atoms with van der Waals surface area (Å²) in [7, 11) is 0. The monoisotopic (exact) mass is 416 g/mol. The van der Waals surface area contributed by atoms with Gasteiger partial charge in [0.2, 0.25) is 5.91 Å². The van der Waals surface area contributed by atoms with Crippen molar-refractivity contribution in [1.29, 1.82) is 5.41 Å². The number of nitrogens with zero attached hydrogens (tertiary/aromatic N) is 3. The number of ether oxygens (including phenoxy) is 1. The maximum atomic E-state index is 13.1. The number of rotatable bonds is 3. The summed E-state index contributed by atoms with van der Waals surface area (Å²) in [5, 5.41) is 19.7. The first-order chi connectivity index (χ1) is 15.1. The SMILES string of the molecule is N=C1N[C@]2(CC(=O)N1C1CCOCC1)Cc1c(Nc3ccn4nccc4c3)cccc12. The number of anilines is 2. The summed E-state index contributed by atoms with van der Waals surface area (Å²) in [6.07, 6.45) is 6.38. The van der Waals surface area contributed by atoms with Gasteiger partial charge in [0.05, 0.1) is 17.5 Å². The summed E-state index contributed by atoms with van der Waals surface area (Å²) < 4.78 is 7.25. The molecule has 1 aromatic carbocycles. The number of carbonyl (C=O) groups is 1. The second-order valence-electron chi connectivity index (χ2n) is 8.59. The lowest BCUT2D eigenvalue weighted by molar-refractivity contribution is -0.134. The molecular formula is C23H24N6O2. The molecule has 0 radical (unpaired) electrons. The molecule has 0 bridgehead atoms. The first-order valence-corrected chi connectivity index (χ1v) is 10.7. The number of pyridine rings is 1. The van der Waals surface area contributed by atoms with Gasteiger partial charge in [-0.15, -0.1) is 0 Å². The van der Waals surface area contributed by atoms with Crippen LogP contribution in [0.1, 0.15) is 30.4 Å².